The molecule has 0 bridgehead atoms. The van der Waals surface area contributed by atoms with Crippen molar-refractivity contribution in [2.45, 2.75) is 18.3 Å². The molecule has 1 aliphatic carbocycles. The lowest BCUT2D eigenvalue weighted by Crippen LogP contribution is -2.23. The van der Waals surface area contributed by atoms with Crippen LogP contribution in [0.2, 0.25) is 0 Å². The Balaban J connectivity index is 1.67. The van der Waals surface area contributed by atoms with Crippen molar-refractivity contribution < 1.29 is 13.6 Å². The fraction of sp³-hybridized carbons (Fsp3) is 0.158. The lowest BCUT2D eigenvalue weighted by atomic mass is 9.94. The fourth-order valence-electron chi connectivity index (χ4n) is 2.60. The van der Waals surface area contributed by atoms with Gasteiger partial charge >= 0.3 is 0 Å². The van der Waals surface area contributed by atoms with E-state index >= 15 is 0 Å². The molecule has 3 rings (SSSR count). The van der Waals surface area contributed by atoms with Crippen LogP contribution in [0.1, 0.15) is 18.4 Å². The third-order valence-electron chi connectivity index (χ3n) is 4.13. The minimum atomic E-state index is -0.895. The molecule has 25 heavy (non-hydrogen) atoms. The molecule has 2 aromatic carbocycles. The van der Waals surface area contributed by atoms with Gasteiger partial charge in [-0.15, -0.1) is 0 Å². The summed E-state index contributed by atoms with van der Waals surface area (Å²) in [5, 5.41) is 2.89. The van der Waals surface area contributed by atoms with E-state index in [9.17, 15) is 13.6 Å². The molecule has 1 saturated carbocycles. The SMILES string of the molecule is NC(/C=C\Nc1ccc(F)cc1)=NC(=O)C1(c2ccccc2F)CC1. The number of amides is 1. The molecule has 1 aliphatic rings. The van der Waals surface area contributed by atoms with Gasteiger partial charge in [-0.2, -0.15) is 4.99 Å². The summed E-state index contributed by atoms with van der Waals surface area (Å²) in [7, 11) is 0. The fourth-order valence-corrected chi connectivity index (χ4v) is 2.60. The molecule has 0 aromatic heterocycles. The molecule has 128 valence electrons. The minimum absolute atomic E-state index is 0.0159. The number of nitrogens with one attached hydrogen (secondary N) is 1. The van der Waals surface area contributed by atoms with Gasteiger partial charge in [0.15, 0.2) is 0 Å². The predicted octanol–water partition coefficient (Wildman–Crippen LogP) is 3.51. The number of carbonyl (C=O) groups excluding carboxylic acids is 1. The number of nitrogens with two attached hydrogens (primary N) is 1. The zero-order chi connectivity index (χ0) is 17.9. The number of nitrogens with zero attached hydrogens (tertiary/aromatic N) is 1. The highest BCUT2D eigenvalue weighted by molar-refractivity contribution is 6.04. The van der Waals surface area contributed by atoms with Gasteiger partial charge in [0.05, 0.1) is 5.41 Å². The molecule has 0 atom stereocenters. The first-order valence-electron chi connectivity index (χ1n) is 7.83. The van der Waals surface area contributed by atoms with Crippen molar-refractivity contribution >= 4 is 17.4 Å². The molecule has 0 unspecified atom stereocenters. The standard InChI is InChI=1S/C19H17F2N3O/c20-13-5-7-14(8-6-13)23-12-9-17(22)24-18(25)19(10-11-19)15-3-1-2-4-16(15)21/h1-9,12,23H,10-11H2,(H2,22,24,25)/b12-9-. The molecule has 4 nitrogen and oxygen atoms in total. The second kappa shape index (κ2) is 6.84. The van der Waals surface area contributed by atoms with Crippen LogP contribution in [0.4, 0.5) is 14.5 Å². The maximum Gasteiger partial charge on any atom is 0.258 e. The van der Waals surface area contributed by atoms with Crippen LogP contribution in [-0.2, 0) is 10.2 Å². The summed E-state index contributed by atoms with van der Waals surface area (Å²) in [6.07, 6.45) is 4.04. The van der Waals surface area contributed by atoms with Crippen molar-refractivity contribution in [3.05, 3.63) is 78.0 Å². The van der Waals surface area contributed by atoms with Crippen LogP contribution >= 0.6 is 0 Å². The number of benzene rings is 2. The highest BCUT2D eigenvalue weighted by Crippen LogP contribution is 2.50. The van der Waals surface area contributed by atoms with Gasteiger partial charge in [0, 0.05) is 17.5 Å². The Morgan fingerprint density at radius 3 is 2.44 bits per heavy atom. The van der Waals surface area contributed by atoms with Gasteiger partial charge in [0.1, 0.15) is 17.5 Å². The maximum atomic E-state index is 14.0. The van der Waals surface area contributed by atoms with Crippen LogP contribution in [0.3, 0.4) is 0 Å². The van der Waals surface area contributed by atoms with Crippen molar-refractivity contribution in [2.75, 3.05) is 5.32 Å². The molecule has 2 aromatic rings. The Morgan fingerprint density at radius 1 is 1.12 bits per heavy atom. The molecule has 0 saturated heterocycles. The van der Waals surface area contributed by atoms with Crippen LogP contribution in [0.15, 0.2) is 65.8 Å². The van der Waals surface area contributed by atoms with E-state index in [1.807, 2.05) is 0 Å². The van der Waals surface area contributed by atoms with Crippen LogP contribution < -0.4 is 11.1 Å². The summed E-state index contributed by atoms with van der Waals surface area (Å²) < 4.78 is 26.8. The minimum Gasteiger partial charge on any atom is -0.384 e. The number of hydrogen-bond acceptors (Lipinski definition) is 2. The summed E-state index contributed by atoms with van der Waals surface area (Å²) in [4.78, 5) is 16.3. The molecule has 3 N–H and O–H groups in total. The van der Waals surface area contributed by atoms with Gasteiger partial charge in [-0.25, -0.2) is 8.78 Å². The lowest BCUT2D eigenvalue weighted by molar-refractivity contribution is -0.120. The molecule has 0 spiro atoms. The molecular formula is C19H17F2N3O. The lowest BCUT2D eigenvalue weighted by Gasteiger charge is -2.12. The first kappa shape index (κ1) is 16.8. The van der Waals surface area contributed by atoms with E-state index in [4.69, 9.17) is 5.73 Å². The number of carbonyl (C=O) groups is 1. The van der Waals surface area contributed by atoms with Crippen LogP contribution in [-0.4, -0.2) is 11.7 Å². The molecule has 0 heterocycles. The second-order valence-electron chi connectivity index (χ2n) is 5.89. The summed E-state index contributed by atoms with van der Waals surface area (Å²) in [5.74, 6) is -1.16. The van der Waals surface area contributed by atoms with Gasteiger partial charge in [-0.1, -0.05) is 18.2 Å². The number of amidine groups is 1. The summed E-state index contributed by atoms with van der Waals surface area (Å²) in [5.41, 5.74) is 5.89. The first-order chi connectivity index (χ1) is 12.0. The molecule has 1 fully saturated rings. The van der Waals surface area contributed by atoms with Crippen molar-refractivity contribution in [2.24, 2.45) is 10.7 Å². The van der Waals surface area contributed by atoms with Crippen LogP contribution in [0.5, 0.6) is 0 Å². The molecule has 0 radical (unpaired) electrons. The third kappa shape index (κ3) is 3.74. The van der Waals surface area contributed by atoms with Crippen molar-refractivity contribution in [1.29, 1.82) is 0 Å². The molecular weight excluding hydrogens is 324 g/mol. The zero-order valence-electron chi connectivity index (χ0n) is 13.4. The third-order valence-corrected chi connectivity index (χ3v) is 4.13. The smallest absolute Gasteiger partial charge is 0.258 e. The Morgan fingerprint density at radius 2 is 1.80 bits per heavy atom. The number of halogens is 2. The highest BCUT2D eigenvalue weighted by Gasteiger charge is 2.52. The quantitative estimate of drug-likeness (QED) is 0.646. The first-order valence-corrected chi connectivity index (χ1v) is 7.83. The monoisotopic (exact) mass is 341 g/mol. The van der Waals surface area contributed by atoms with Gasteiger partial charge in [-0.3, -0.25) is 4.79 Å². The van der Waals surface area contributed by atoms with E-state index in [1.54, 1.807) is 30.3 Å². The van der Waals surface area contributed by atoms with E-state index < -0.39 is 17.1 Å². The van der Waals surface area contributed by atoms with E-state index in [0.717, 1.165) is 0 Å². The molecule has 6 heteroatoms. The second-order valence-corrected chi connectivity index (χ2v) is 5.89. The summed E-state index contributed by atoms with van der Waals surface area (Å²) in [6, 6.07) is 12.0. The number of rotatable bonds is 5. The van der Waals surface area contributed by atoms with Gasteiger partial charge in [0.2, 0.25) is 0 Å². The Hall–Kier alpha value is -3.02. The van der Waals surface area contributed by atoms with Gasteiger partial charge in [0.25, 0.3) is 5.91 Å². The van der Waals surface area contributed by atoms with E-state index in [2.05, 4.69) is 10.3 Å². The van der Waals surface area contributed by atoms with Crippen molar-refractivity contribution in [3.8, 4) is 0 Å². The highest BCUT2D eigenvalue weighted by atomic mass is 19.1. The predicted molar refractivity (Wildman–Crippen MR) is 93.1 cm³/mol. The Labute approximate surface area is 144 Å². The Kier molecular flexibility index (Phi) is 4.61. The number of aliphatic imine (C=N–C) groups is 1. The maximum absolute atomic E-state index is 14.0. The topological polar surface area (TPSA) is 67.5 Å². The van der Waals surface area contributed by atoms with Crippen LogP contribution in [0.25, 0.3) is 0 Å². The number of hydrogen-bond donors (Lipinski definition) is 2. The van der Waals surface area contributed by atoms with Crippen LogP contribution in [0, 0.1) is 11.6 Å². The van der Waals surface area contributed by atoms with E-state index in [0.29, 0.717) is 24.1 Å². The van der Waals surface area contributed by atoms with Crippen molar-refractivity contribution in [1.82, 2.24) is 0 Å². The average Bonchev–Trinajstić information content (AvgIpc) is 3.39. The summed E-state index contributed by atoms with van der Waals surface area (Å²) in [6.45, 7) is 0. The molecule has 0 aliphatic heterocycles. The normalized spacial score (nSPS) is 16.0. The van der Waals surface area contributed by atoms with E-state index in [1.165, 1.54) is 30.5 Å². The van der Waals surface area contributed by atoms with Crippen molar-refractivity contribution in [3.63, 3.8) is 0 Å². The van der Waals surface area contributed by atoms with Gasteiger partial charge in [-0.05, 0) is 49.2 Å². The summed E-state index contributed by atoms with van der Waals surface area (Å²) >= 11 is 0. The molecule has 1 amide bonds. The number of anilines is 1. The van der Waals surface area contributed by atoms with Gasteiger partial charge < -0.3 is 11.1 Å². The van der Waals surface area contributed by atoms with E-state index in [-0.39, 0.29) is 11.7 Å². The largest absolute Gasteiger partial charge is 0.384 e. The average molecular weight is 341 g/mol. The Bertz CT molecular complexity index is 840. The zero-order valence-corrected chi connectivity index (χ0v) is 13.4.